The minimum Gasteiger partial charge on any atom is -0.422 e. The van der Waals surface area contributed by atoms with Gasteiger partial charge >= 0.3 is 11.9 Å². The Hall–Kier alpha value is -2.99. The van der Waals surface area contributed by atoms with Gasteiger partial charge in [0.15, 0.2) is 11.5 Å². The Kier molecular flexibility index (Phi) is 14.0. The Labute approximate surface area is 293 Å². The van der Waals surface area contributed by atoms with Gasteiger partial charge in [0.1, 0.15) is 6.04 Å². The number of carbonyl (C=O) groups excluding carboxylic acids is 4. The normalized spacial score (nSPS) is 15.8. The lowest BCUT2D eigenvalue weighted by atomic mass is 9.97. The monoisotopic (exact) mass is 737 g/mol. The van der Waals surface area contributed by atoms with Crippen molar-refractivity contribution in [2.45, 2.75) is 92.3 Å². The van der Waals surface area contributed by atoms with Crippen molar-refractivity contribution in [1.29, 1.82) is 0 Å². The molecule has 1 aliphatic heterocycles. The third-order valence-corrected chi connectivity index (χ3v) is 7.86. The van der Waals surface area contributed by atoms with E-state index in [1.165, 1.54) is 12.1 Å². The second kappa shape index (κ2) is 16.4. The lowest BCUT2D eigenvalue weighted by molar-refractivity contribution is -0.145. The number of likely N-dealkylation sites (tertiary alicyclic amines) is 1. The van der Waals surface area contributed by atoms with Gasteiger partial charge in [-0.15, -0.1) is 17.0 Å². The molecule has 1 aliphatic rings. The number of nitrogens with one attached hydrogen (secondary N) is 2. The first-order chi connectivity index (χ1) is 21.3. The summed E-state index contributed by atoms with van der Waals surface area (Å²) < 4.78 is 11.2. The van der Waals surface area contributed by atoms with Crippen molar-refractivity contribution in [1.82, 2.24) is 15.5 Å². The van der Waals surface area contributed by atoms with Crippen molar-refractivity contribution < 1.29 is 33.8 Å². The molecule has 2 aromatic rings. The van der Waals surface area contributed by atoms with Crippen LogP contribution in [0.1, 0.15) is 85.5 Å². The molecule has 3 N–H and O–H groups in total. The van der Waals surface area contributed by atoms with Gasteiger partial charge in [-0.1, -0.05) is 29.8 Å². The highest BCUT2D eigenvalue weighted by atomic mass is 79.9. The molecule has 0 bridgehead atoms. The van der Waals surface area contributed by atoms with Gasteiger partial charge in [0, 0.05) is 30.2 Å². The van der Waals surface area contributed by atoms with Crippen LogP contribution in [0.3, 0.4) is 0 Å². The van der Waals surface area contributed by atoms with E-state index in [9.17, 15) is 24.3 Å². The van der Waals surface area contributed by atoms with Crippen LogP contribution in [-0.4, -0.2) is 65.0 Å². The van der Waals surface area contributed by atoms with Crippen molar-refractivity contribution in [2.75, 3.05) is 19.6 Å². The molecule has 12 heteroatoms. The van der Waals surface area contributed by atoms with Crippen LogP contribution in [0.2, 0.25) is 5.02 Å². The highest BCUT2D eigenvalue weighted by molar-refractivity contribution is 8.93. The van der Waals surface area contributed by atoms with Gasteiger partial charge in [-0.3, -0.25) is 19.2 Å². The van der Waals surface area contributed by atoms with E-state index in [0.717, 1.165) is 12.0 Å². The molecule has 260 valence electrons. The average Bonchev–Trinajstić information content (AvgIpc) is 3.46. The zero-order valence-corrected chi connectivity index (χ0v) is 31.0. The van der Waals surface area contributed by atoms with Crippen LogP contribution in [0.5, 0.6) is 11.5 Å². The molecule has 1 saturated heterocycles. The molecule has 10 nitrogen and oxygen atoms in total. The first-order valence-electron chi connectivity index (χ1n) is 15.6. The second-order valence-corrected chi connectivity index (χ2v) is 15.0. The molecule has 1 fully saturated rings. The predicted octanol–water partition coefficient (Wildman–Crippen LogP) is 5.57. The van der Waals surface area contributed by atoms with Gasteiger partial charge in [0.25, 0.3) is 0 Å². The van der Waals surface area contributed by atoms with Crippen LogP contribution in [0.25, 0.3) is 0 Å². The SMILES string of the molecule is Br.CC(C)(CNC(=O)[C@H]1CCCN1C(=O)Cc1ccc(Cl)cc1)NCC(O)c1ccc(OC(=O)C(C)(C)C)c(OC(=O)C(C)(C)C)c1. The largest absolute Gasteiger partial charge is 0.422 e. The van der Waals surface area contributed by atoms with Crippen molar-refractivity contribution in [3.63, 3.8) is 0 Å². The number of benzene rings is 2. The highest BCUT2D eigenvalue weighted by Gasteiger charge is 2.35. The third kappa shape index (κ3) is 11.9. The average molecular weight is 739 g/mol. The minimum atomic E-state index is -1.01. The number of aliphatic hydroxyl groups is 1. The molecule has 0 aromatic heterocycles. The molecular weight excluding hydrogens is 690 g/mol. The number of β-amino-alcohol motifs (C(OH)–C–C–N with tert-alkyl or cyclic N) is 1. The summed E-state index contributed by atoms with van der Waals surface area (Å²) >= 11 is 5.95. The van der Waals surface area contributed by atoms with E-state index >= 15 is 0 Å². The van der Waals surface area contributed by atoms with Gasteiger partial charge in [-0.05, 0) is 104 Å². The smallest absolute Gasteiger partial charge is 0.316 e. The lowest BCUT2D eigenvalue weighted by Crippen LogP contribution is -2.53. The molecule has 0 spiro atoms. The summed E-state index contributed by atoms with van der Waals surface area (Å²) in [6.45, 7) is 15.0. The summed E-state index contributed by atoms with van der Waals surface area (Å²) in [5, 5.41) is 17.9. The Balaban J connectivity index is 0.00000768. The first-order valence-corrected chi connectivity index (χ1v) is 16.0. The fourth-order valence-electron chi connectivity index (χ4n) is 4.60. The summed E-state index contributed by atoms with van der Waals surface area (Å²) in [6.07, 6.45) is 0.529. The summed E-state index contributed by atoms with van der Waals surface area (Å²) in [7, 11) is 0. The number of ether oxygens (including phenoxy) is 2. The van der Waals surface area contributed by atoms with E-state index in [-0.39, 0.29) is 59.8 Å². The van der Waals surface area contributed by atoms with E-state index in [1.807, 2.05) is 26.0 Å². The number of esters is 2. The fraction of sp³-hybridized carbons (Fsp3) is 0.543. The summed E-state index contributed by atoms with van der Waals surface area (Å²) in [6, 6.07) is 11.2. The first kappa shape index (κ1) is 40.2. The summed E-state index contributed by atoms with van der Waals surface area (Å²) in [5.41, 5.74) is -0.922. The Morgan fingerprint density at radius 2 is 1.49 bits per heavy atom. The quantitative estimate of drug-likeness (QED) is 0.201. The van der Waals surface area contributed by atoms with Crippen molar-refractivity contribution in [3.8, 4) is 11.5 Å². The molecule has 0 aliphatic carbocycles. The molecule has 0 saturated carbocycles. The van der Waals surface area contributed by atoms with E-state index in [2.05, 4.69) is 10.6 Å². The van der Waals surface area contributed by atoms with Gasteiger partial charge in [-0.2, -0.15) is 0 Å². The number of amides is 2. The van der Waals surface area contributed by atoms with Crippen LogP contribution in [0.4, 0.5) is 0 Å². The zero-order valence-electron chi connectivity index (χ0n) is 28.6. The van der Waals surface area contributed by atoms with E-state index in [4.69, 9.17) is 21.1 Å². The van der Waals surface area contributed by atoms with Gasteiger partial charge in [0.05, 0.1) is 23.4 Å². The maximum absolute atomic E-state index is 13.2. The van der Waals surface area contributed by atoms with E-state index in [0.29, 0.717) is 23.6 Å². The molecule has 2 amide bonds. The molecule has 2 aromatic carbocycles. The number of halogens is 2. The molecule has 0 radical (unpaired) electrons. The number of rotatable bonds is 11. The van der Waals surface area contributed by atoms with Crippen molar-refractivity contribution in [3.05, 3.63) is 58.6 Å². The molecule has 1 heterocycles. The highest BCUT2D eigenvalue weighted by Crippen LogP contribution is 2.34. The second-order valence-electron chi connectivity index (χ2n) is 14.5. The zero-order chi connectivity index (χ0) is 34.4. The molecule has 47 heavy (non-hydrogen) atoms. The van der Waals surface area contributed by atoms with Crippen LogP contribution < -0.4 is 20.1 Å². The molecule has 1 unspecified atom stereocenters. The van der Waals surface area contributed by atoms with Crippen LogP contribution in [-0.2, 0) is 25.6 Å². The summed E-state index contributed by atoms with van der Waals surface area (Å²) in [5.74, 6) is -1.22. The predicted molar refractivity (Wildman–Crippen MR) is 187 cm³/mol. The van der Waals surface area contributed by atoms with Crippen molar-refractivity contribution in [2.24, 2.45) is 10.8 Å². The maximum atomic E-state index is 13.2. The van der Waals surface area contributed by atoms with E-state index in [1.54, 1.807) is 64.6 Å². The number of aliphatic hydroxyl groups excluding tert-OH is 1. The maximum Gasteiger partial charge on any atom is 0.316 e. The Bertz CT molecular complexity index is 1420. The third-order valence-electron chi connectivity index (χ3n) is 7.61. The molecular formula is C35H49BrClN3O7. The summed E-state index contributed by atoms with van der Waals surface area (Å²) in [4.78, 5) is 53.0. The number of nitrogens with zero attached hydrogens (tertiary/aromatic N) is 1. The number of carbonyl (C=O) groups is 4. The van der Waals surface area contributed by atoms with Crippen LogP contribution in [0.15, 0.2) is 42.5 Å². The van der Waals surface area contributed by atoms with Gasteiger partial charge in [0.2, 0.25) is 11.8 Å². The van der Waals surface area contributed by atoms with E-state index < -0.39 is 40.5 Å². The minimum absolute atomic E-state index is 0. The van der Waals surface area contributed by atoms with Gasteiger partial charge in [-0.25, -0.2) is 0 Å². The fourth-order valence-corrected chi connectivity index (χ4v) is 4.72. The Morgan fingerprint density at radius 1 is 0.915 bits per heavy atom. The number of hydrogen-bond donors (Lipinski definition) is 3. The molecule has 3 rings (SSSR count). The van der Waals surface area contributed by atoms with Crippen LogP contribution >= 0.6 is 28.6 Å². The molecule has 2 atom stereocenters. The standard InChI is InChI=1S/C35H48ClN3O7.BrH/c1-33(2,3)31(43)45-27-16-13-23(19-28(27)46-32(44)34(4,5)6)26(40)20-38-35(7,8)21-37-30(42)25-10-9-17-39(25)29(41)18-22-11-14-24(36)15-12-22;/h11-16,19,25-26,38,40H,9-10,17-18,20-21H2,1-8H3,(H,37,42);1H/t25-,26?;/m1./s1. The topological polar surface area (TPSA) is 134 Å². The number of hydrogen-bond acceptors (Lipinski definition) is 8. The Morgan fingerprint density at radius 3 is 2.06 bits per heavy atom. The van der Waals surface area contributed by atoms with Crippen LogP contribution in [0, 0.1) is 10.8 Å². The van der Waals surface area contributed by atoms with Gasteiger partial charge < -0.3 is 30.1 Å². The van der Waals surface area contributed by atoms with Crippen molar-refractivity contribution >= 4 is 52.3 Å². The lowest BCUT2D eigenvalue weighted by Gasteiger charge is -2.30.